The van der Waals surface area contributed by atoms with Gasteiger partial charge in [0, 0.05) is 13.0 Å². The molecule has 0 aromatic heterocycles. The van der Waals surface area contributed by atoms with Crippen LogP contribution in [-0.2, 0) is 30.3 Å². The Kier molecular flexibility index (Phi) is 8.56. The molecule has 28 heavy (non-hydrogen) atoms. The number of imide groups is 1. The zero-order valence-electron chi connectivity index (χ0n) is 16.5. The molecule has 0 spiro atoms. The van der Waals surface area contributed by atoms with Crippen molar-refractivity contribution in [2.75, 3.05) is 30.0 Å². The number of β-lactam (4-membered cyclic amide) rings is 1. The molecule has 1 aromatic rings. The summed E-state index contributed by atoms with van der Waals surface area (Å²) in [7, 11) is 0. The molecule has 3 amide bonds. The summed E-state index contributed by atoms with van der Waals surface area (Å²) in [5.41, 5.74) is 1.58. The van der Waals surface area contributed by atoms with E-state index in [1.165, 1.54) is 4.90 Å². The normalized spacial score (nSPS) is 13.9. The Morgan fingerprint density at radius 3 is 2.39 bits per heavy atom. The second kappa shape index (κ2) is 10.7. The number of benzene rings is 1. The van der Waals surface area contributed by atoms with E-state index < -0.39 is 19.8 Å². The average molecular weight is 502 g/mol. The summed E-state index contributed by atoms with van der Waals surface area (Å²) in [6, 6.07) is 7.18. The molecule has 8 heteroatoms. The molecule has 154 valence electrons. The number of likely N-dealkylation sites (tertiary alicyclic amines) is 1. The molecular formula is C20H27IN2O5. The van der Waals surface area contributed by atoms with Gasteiger partial charge in [0.25, 0.3) is 0 Å². The van der Waals surface area contributed by atoms with E-state index in [4.69, 9.17) is 4.74 Å². The van der Waals surface area contributed by atoms with Crippen LogP contribution in [0.15, 0.2) is 24.3 Å². The van der Waals surface area contributed by atoms with Crippen molar-refractivity contribution in [2.24, 2.45) is 0 Å². The van der Waals surface area contributed by atoms with Crippen molar-refractivity contribution in [3.63, 3.8) is 0 Å². The number of anilines is 1. The van der Waals surface area contributed by atoms with Gasteiger partial charge in [-0.15, -0.1) is 0 Å². The van der Waals surface area contributed by atoms with Crippen LogP contribution in [-0.4, -0.2) is 55.0 Å². The second-order valence-electron chi connectivity index (χ2n) is 6.81. The average Bonchev–Trinajstić information content (AvgIpc) is 2.65. The molecule has 1 aliphatic heterocycles. The second-order valence-corrected chi connectivity index (χ2v) is 13.5. The van der Waals surface area contributed by atoms with Gasteiger partial charge in [-0.3, -0.25) is 14.5 Å². The molecule has 0 aliphatic carbocycles. The standard InChI is InChI=1S/C20H27IN2O5/c1-14(2)21(3)17(24)12-28-13-18(25)22-16-7-4-15(5-8-16)6-9-19(26)23-11-10-20(23)27/h4-5,7-8,14H,6,9-13H2,1-3H3,(H,22,25). The molecular weight excluding hydrogens is 475 g/mol. The molecule has 1 N–H and O–H groups in total. The summed E-state index contributed by atoms with van der Waals surface area (Å²) >= 11 is -1.65. The van der Waals surface area contributed by atoms with Gasteiger partial charge in [-0.25, -0.2) is 0 Å². The van der Waals surface area contributed by atoms with Crippen LogP contribution >= 0.6 is 19.8 Å². The Hall–Kier alpha value is -1.81. The zero-order valence-corrected chi connectivity index (χ0v) is 18.7. The van der Waals surface area contributed by atoms with Crippen molar-refractivity contribution >= 4 is 47.0 Å². The molecule has 0 radical (unpaired) electrons. The predicted molar refractivity (Wildman–Crippen MR) is 116 cm³/mol. The zero-order chi connectivity index (χ0) is 20.7. The Balaban J connectivity index is 1.69. The maximum absolute atomic E-state index is 11.9. The third-order valence-corrected chi connectivity index (χ3v) is 10.4. The molecule has 1 saturated heterocycles. The number of rotatable bonds is 10. The molecule has 1 aromatic carbocycles. The summed E-state index contributed by atoms with van der Waals surface area (Å²) in [6.07, 6.45) is 1.29. The van der Waals surface area contributed by atoms with Gasteiger partial charge in [-0.1, -0.05) is 0 Å². The molecule has 1 fully saturated rings. The first-order chi connectivity index (χ1) is 13.3. The van der Waals surface area contributed by atoms with Gasteiger partial charge in [-0.05, 0) is 0 Å². The molecule has 7 nitrogen and oxygen atoms in total. The number of nitrogens with one attached hydrogen (secondary N) is 1. The fraction of sp³-hybridized carbons (Fsp3) is 0.500. The van der Waals surface area contributed by atoms with E-state index in [-0.39, 0.29) is 41.1 Å². The Labute approximate surface area is 172 Å². The Morgan fingerprint density at radius 1 is 1.18 bits per heavy atom. The first kappa shape index (κ1) is 22.5. The fourth-order valence-corrected chi connectivity index (χ4v) is 4.57. The number of halogens is 1. The summed E-state index contributed by atoms with van der Waals surface area (Å²) in [5, 5.41) is 2.72. The number of hydrogen-bond acceptors (Lipinski definition) is 5. The molecule has 1 heterocycles. The predicted octanol–water partition coefficient (Wildman–Crippen LogP) is 2.40. The van der Waals surface area contributed by atoms with Gasteiger partial charge in [0.15, 0.2) is 0 Å². The maximum atomic E-state index is 11.9. The summed E-state index contributed by atoms with van der Waals surface area (Å²) < 4.78 is 5.79. The van der Waals surface area contributed by atoms with E-state index in [1.807, 2.05) is 30.9 Å². The molecule has 2 rings (SSSR count). The fourth-order valence-electron chi connectivity index (χ4n) is 2.47. The van der Waals surface area contributed by atoms with Crippen LogP contribution in [0.5, 0.6) is 0 Å². The SMILES string of the molecule is CC(C)I(C)C(=O)COCC(=O)Nc1ccc(CCC(=O)N2CCC2=O)cc1. The van der Waals surface area contributed by atoms with Gasteiger partial charge >= 0.3 is 133 Å². The van der Waals surface area contributed by atoms with E-state index in [9.17, 15) is 19.2 Å². The van der Waals surface area contributed by atoms with Crippen molar-refractivity contribution in [3.05, 3.63) is 29.8 Å². The number of carbonyl (C=O) groups is 4. The van der Waals surface area contributed by atoms with Crippen molar-refractivity contribution in [3.8, 4) is 0 Å². The third-order valence-electron chi connectivity index (χ3n) is 4.45. The topological polar surface area (TPSA) is 92.8 Å². The van der Waals surface area contributed by atoms with Crippen LogP contribution in [0, 0.1) is 0 Å². The van der Waals surface area contributed by atoms with Gasteiger partial charge in [-0.2, -0.15) is 0 Å². The first-order valence-corrected chi connectivity index (χ1v) is 13.7. The van der Waals surface area contributed by atoms with E-state index in [0.29, 0.717) is 29.0 Å². The van der Waals surface area contributed by atoms with Gasteiger partial charge < -0.3 is 0 Å². The number of ether oxygens (including phenoxy) is 1. The first-order valence-electron chi connectivity index (χ1n) is 9.19. The monoisotopic (exact) mass is 502 g/mol. The van der Waals surface area contributed by atoms with Crippen molar-refractivity contribution in [2.45, 2.75) is 37.0 Å². The quantitative estimate of drug-likeness (QED) is 0.230. The third kappa shape index (κ3) is 6.66. The van der Waals surface area contributed by atoms with Crippen LogP contribution in [0.1, 0.15) is 32.3 Å². The number of alkyl halides is 2. The minimum atomic E-state index is -1.65. The number of hydrogen-bond donors (Lipinski definition) is 1. The van der Waals surface area contributed by atoms with E-state index in [1.54, 1.807) is 12.1 Å². The van der Waals surface area contributed by atoms with E-state index in [2.05, 4.69) is 5.32 Å². The Bertz CT molecular complexity index is 733. The van der Waals surface area contributed by atoms with Crippen molar-refractivity contribution < 1.29 is 23.9 Å². The molecule has 1 aliphatic rings. The van der Waals surface area contributed by atoms with E-state index >= 15 is 0 Å². The number of aryl methyl sites for hydroxylation is 1. The molecule has 0 bridgehead atoms. The summed E-state index contributed by atoms with van der Waals surface area (Å²) in [6.45, 7) is 4.45. The molecule has 0 atom stereocenters. The summed E-state index contributed by atoms with van der Waals surface area (Å²) in [4.78, 5) is 50.2. The number of nitrogens with zero attached hydrogens (tertiary/aromatic N) is 1. The van der Waals surface area contributed by atoms with Crippen molar-refractivity contribution in [1.82, 2.24) is 4.90 Å². The van der Waals surface area contributed by atoms with Crippen LogP contribution in [0.2, 0.25) is 0 Å². The number of carbonyl (C=O) groups excluding carboxylic acids is 4. The van der Waals surface area contributed by atoms with Crippen LogP contribution in [0.3, 0.4) is 0 Å². The van der Waals surface area contributed by atoms with Gasteiger partial charge in [0.05, 0.1) is 0 Å². The van der Waals surface area contributed by atoms with E-state index in [0.717, 1.165) is 5.56 Å². The molecule has 0 saturated carbocycles. The number of amides is 3. The van der Waals surface area contributed by atoms with Gasteiger partial charge in [0.2, 0.25) is 11.8 Å². The summed E-state index contributed by atoms with van der Waals surface area (Å²) in [5.74, 6) is -0.558. The Morgan fingerprint density at radius 2 is 1.86 bits per heavy atom. The van der Waals surface area contributed by atoms with Crippen LogP contribution < -0.4 is 5.32 Å². The minimum absolute atomic E-state index is 0.000555. The van der Waals surface area contributed by atoms with Gasteiger partial charge in [0.1, 0.15) is 0 Å². The van der Waals surface area contributed by atoms with Crippen LogP contribution in [0.25, 0.3) is 0 Å². The molecule has 0 unspecified atom stereocenters. The van der Waals surface area contributed by atoms with Crippen molar-refractivity contribution in [1.29, 1.82) is 0 Å². The van der Waals surface area contributed by atoms with Crippen LogP contribution in [0.4, 0.5) is 5.69 Å².